The van der Waals surface area contributed by atoms with Crippen molar-refractivity contribution in [2.75, 3.05) is 31.4 Å². The SMILES string of the molecule is O=C(c1ccc(CN2CCOCC2)cc1)N(OC(=O)C(F)(F)F)c1nonc1-c1noc(=O)n1-c1ccc(F)c(Br)c1. The van der Waals surface area contributed by atoms with E-state index in [0.717, 1.165) is 16.2 Å². The standard InChI is InChI=1S/C24H17BrF4N6O7/c25-16-11-15(5-6-17(16)26)34-19(31-40-23(34)38)18-20(32-42-30-18)35(41-22(37)24(27,28)29)21(36)14-3-1-13(2-4-14)12-33-7-9-39-10-8-33/h1-6,11H,7-10,12H2. The second kappa shape index (κ2) is 11.8. The summed E-state index contributed by atoms with van der Waals surface area (Å²) in [4.78, 5) is 44.2. The van der Waals surface area contributed by atoms with Crippen LogP contribution in [0, 0.1) is 5.82 Å². The Kier molecular flexibility index (Phi) is 8.19. The fraction of sp³-hybridized carbons (Fsp3) is 0.250. The molecular weight excluding hydrogens is 640 g/mol. The fourth-order valence-corrected chi connectivity index (χ4v) is 4.28. The number of halogens is 5. The average Bonchev–Trinajstić information content (AvgIpc) is 3.59. The number of hydroxylamine groups is 1. The van der Waals surface area contributed by atoms with Gasteiger partial charge in [0.1, 0.15) is 5.82 Å². The molecule has 18 heteroatoms. The van der Waals surface area contributed by atoms with E-state index in [1.807, 2.05) is 0 Å². The summed E-state index contributed by atoms with van der Waals surface area (Å²) in [5.41, 5.74) is -0.0223. The predicted octanol–water partition coefficient (Wildman–Crippen LogP) is 3.28. The number of hydrogen-bond donors (Lipinski definition) is 0. The van der Waals surface area contributed by atoms with Crippen molar-refractivity contribution < 1.29 is 45.9 Å². The number of benzene rings is 2. The number of carbonyl (C=O) groups is 2. The normalized spacial score (nSPS) is 14.1. The van der Waals surface area contributed by atoms with Crippen LogP contribution in [0.1, 0.15) is 15.9 Å². The minimum atomic E-state index is -5.51. The molecule has 1 aliphatic heterocycles. The minimum Gasteiger partial charge on any atom is -0.379 e. The molecule has 0 unspecified atom stereocenters. The Hall–Kier alpha value is -4.42. The largest absolute Gasteiger partial charge is 0.493 e. The molecule has 2 aromatic heterocycles. The van der Waals surface area contributed by atoms with Gasteiger partial charge in [0, 0.05) is 25.2 Å². The maximum Gasteiger partial charge on any atom is 0.493 e. The van der Waals surface area contributed by atoms with Gasteiger partial charge in [-0.05, 0) is 62.1 Å². The van der Waals surface area contributed by atoms with Gasteiger partial charge in [-0.3, -0.25) is 14.2 Å². The van der Waals surface area contributed by atoms with Gasteiger partial charge >= 0.3 is 17.9 Å². The topological polar surface area (TPSA) is 146 Å². The molecule has 0 radical (unpaired) electrons. The van der Waals surface area contributed by atoms with Gasteiger partial charge in [-0.1, -0.05) is 17.3 Å². The van der Waals surface area contributed by atoms with Crippen molar-refractivity contribution in [3.8, 4) is 17.2 Å². The fourth-order valence-electron chi connectivity index (χ4n) is 3.91. The van der Waals surface area contributed by atoms with Crippen molar-refractivity contribution in [2.24, 2.45) is 0 Å². The monoisotopic (exact) mass is 656 g/mol. The van der Waals surface area contributed by atoms with E-state index >= 15 is 0 Å². The lowest BCUT2D eigenvalue weighted by atomic mass is 10.1. The van der Waals surface area contributed by atoms with Crippen molar-refractivity contribution in [1.82, 2.24) is 24.9 Å². The van der Waals surface area contributed by atoms with Gasteiger partial charge in [0.15, 0.2) is 0 Å². The van der Waals surface area contributed by atoms with Crippen LogP contribution in [0.25, 0.3) is 17.2 Å². The molecule has 4 aromatic rings. The zero-order valence-electron chi connectivity index (χ0n) is 21.0. The molecule has 1 amide bonds. The van der Waals surface area contributed by atoms with Crippen LogP contribution < -0.4 is 10.8 Å². The summed E-state index contributed by atoms with van der Waals surface area (Å²) in [5, 5.41) is 10.4. The minimum absolute atomic E-state index is 0.0144. The van der Waals surface area contributed by atoms with E-state index in [1.54, 1.807) is 12.1 Å². The van der Waals surface area contributed by atoms with Crippen LogP contribution in [-0.2, 0) is 20.9 Å². The van der Waals surface area contributed by atoms with Gasteiger partial charge in [-0.2, -0.15) is 13.2 Å². The van der Waals surface area contributed by atoms with Crippen molar-refractivity contribution in [1.29, 1.82) is 0 Å². The summed E-state index contributed by atoms with van der Waals surface area (Å²) in [6.07, 6.45) is -5.51. The van der Waals surface area contributed by atoms with Gasteiger partial charge in [-0.25, -0.2) is 23.2 Å². The van der Waals surface area contributed by atoms with Gasteiger partial charge < -0.3 is 9.57 Å². The van der Waals surface area contributed by atoms with E-state index < -0.39 is 47.0 Å². The van der Waals surface area contributed by atoms with Crippen molar-refractivity contribution in [2.45, 2.75) is 12.7 Å². The average molecular weight is 657 g/mol. The van der Waals surface area contributed by atoms with Gasteiger partial charge in [0.25, 0.3) is 5.91 Å². The number of amides is 1. The lowest BCUT2D eigenvalue weighted by Gasteiger charge is -2.26. The Balaban J connectivity index is 1.51. The molecule has 0 atom stereocenters. The molecule has 0 saturated carbocycles. The highest BCUT2D eigenvalue weighted by atomic mass is 79.9. The lowest BCUT2D eigenvalue weighted by molar-refractivity contribution is -0.200. The molecule has 5 rings (SSSR count). The molecule has 13 nitrogen and oxygen atoms in total. The zero-order chi connectivity index (χ0) is 30.0. The molecule has 0 bridgehead atoms. The van der Waals surface area contributed by atoms with Crippen LogP contribution in [-0.4, -0.2) is 69.3 Å². The van der Waals surface area contributed by atoms with E-state index in [9.17, 15) is 31.9 Å². The zero-order valence-corrected chi connectivity index (χ0v) is 22.6. The molecule has 1 aliphatic rings. The third-order valence-electron chi connectivity index (χ3n) is 5.94. The van der Waals surface area contributed by atoms with Crippen molar-refractivity contribution >= 4 is 33.6 Å². The van der Waals surface area contributed by atoms with Crippen LogP contribution in [0.3, 0.4) is 0 Å². The highest BCUT2D eigenvalue weighted by Crippen LogP contribution is 2.31. The summed E-state index contributed by atoms with van der Waals surface area (Å²) in [7, 11) is 0. The number of ether oxygens (including phenoxy) is 1. The van der Waals surface area contributed by atoms with E-state index in [0.29, 0.717) is 32.8 Å². The first-order valence-corrected chi connectivity index (χ1v) is 12.7. The second-order valence-electron chi connectivity index (χ2n) is 8.70. The molecule has 0 aliphatic carbocycles. The first-order chi connectivity index (χ1) is 20.0. The van der Waals surface area contributed by atoms with Gasteiger partial charge in [-0.15, -0.1) is 5.06 Å². The molecule has 0 spiro atoms. The Bertz CT molecular complexity index is 1660. The number of anilines is 1. The van der Waals surface area contributed by atoms with Crippen molar-refractivity contribution in [3.63, 3.8) is 0 Å². The van der Waals surface area contributed by atoms with Crippen LogP contribution >= 0.6 is 15.9 Å². The van der Waals surface area contributed by atoms with E-state index in [2.05, 4.69) is 50.3 Å². The van der Waals surface area contributed by atoms with Gasteiger partial charge in [0.05, 0.1) is 23.4 Å². The summed E-state index contributed by atoms with van der Waals surface area (Å²) in [6.45, 7) is 3.08. The Labute approximate surface area is 240 Å². The highest BCUT2D eigenvalue weighted by Gasteiger charge is 2.45. The summed E-state index contributed by atoms with van der Waals surface area (Å²) in [6, 6.07) is 9.15. The lowest BCUT2D eigenvalue weighted by Crippen LogP contribution is -2.39. The molecule has 1 saturated heterocycles. The Morgan fingerprint density at radius 2 is 1.76 bits per heavy atom. The predicted molar refractivity (Wildman–Crippen MR) is 135 cm³/mol. The van der Waals surface area contributed by atoms with E-state index in [4.69, 9.17) is 4.74 Å². The smallest absolute Gasteiger partial charge is 0.379 e. The molecule has 3 heterocycles. The number of nitrogens with zero attached hydrogens (tertiary/aromatic N) is 6. The quantitative estimate of drug-likeness (QED) is 0.223. The molecule has 0 N–H and O–H groups in total. The first kappa shape index (κ1) is 29.1. The Morgan fingerprint density at radius 1 is 1.05 bits per heavy atom. The van der Waals surface area contributed by atoms with E-state index in [-0.39, 0.29) is 20.8 Å². The van der Waals surface area contributed by atoms with Crippen LogP contribution in [0.4, 0.5) is 23.4 Å². The maximum absolute atomic E-state index is 13.8. The van der Waals surface area contributed by atoms with Gasteiger partial charge in [0.2, 0.25) is 17.3 Å². The number of rotatable bonds is 6. The number of morpholine rings is 1. The number of alkyl halides is 3. The maximum atomic E-state index is 13.8. The molecule has 2 aromatic carbocycles. The molecule has 42 heavy (non-hydrogen) atoms. The number of hydrogen-bond acceptors (Lipinski definition) is 11. The third-order valence-corrected chi connectivity index (χ3v) is 6.55. The summed E-state index contributed by atoms with van der Waals surface area (Å²) < 4.78 is 68.7. The molecule has 1 fully saturated rings. The van der Waals surface area contributed by atoms with Crippen LogP contribution in [0.5, 0.6) is 0 Å². The summed E-state index contributed by atoms with van der Waals surface area (Å²) in [5.74, 6) is -7.17. The highest BCUT2D eigenvalue weighted by molar-refractivity contribution is 9.10. The molecular formula is C24H17BrF4N6O7. The Morgan fingerprint density at radius 3 is 2.43 bits per heavy atom. The number of aromatic nitrogens is 4. The van der Waals surface area contributed by atoms with Crippen LogP contribution in [0.2, 0.25) is 0 Å². The van der Waals surface area contributed by atoms with Crippen LogP contribution in [0.15, 0.2) is 60.9 Å². The number of carbonyl (C=O) groups excluding carboxylic acids is 2. The first-order valence-electron chi connectivity index (χ1n) is 11.9. The summed E-state index contributed by atoms with van der Waals surface area (Å²) >= 11 is 2.98. The molecule has 220 valence electrons. The van der Waals surface area contributed by atoms with Crippen molar-refractivity contribution in [3.05, 3.63) is 74.4 Å². The third kappa shape index (κ3) is 6.09. The second-order valence-corrected chi connectivity index (χ2v) is 9.56. The van der Waals surface area contributed by atoms with E-state index in [1.165, 1.54) is 24.3 Å².